The summed E-state index contributed by atoms with van der Waals surface area (Å²) in [6.07, 6.45) is 0. The highest BCUT2D eigenvalue weighted by atomic mass is 16.7. The van der Waals surface area contributed by atoms with Crippen LogP contribution in [0.2, 0.25) is 0 Å². The number of ether oxygens (including phenoxy) is 3. The first-order chi connectivity index (χ1) is 9.80. The first-order valence-corrected chi connectivity index (χ1v) is 6.96. The van der Waals surface area contributed by atoms with Crippen molar-refractivity contribution in [2.75, 3.05) is 21.0 Å². The van der Waals surface area contributed by atoms with Gasteiger partial charge in [0.2, 0.25) is 0 Å². The van der Waals surface area contributed by atoms with Crippen molar-refractivity contribution in [2.24, 2.45) is 0 Å². The lowest BCUT2D eigenvalue weighted by atomic mass is 9.79. The van der Waals surface area contributed by atoms with Gasteiger partial charge in [0.15, 0.2) is 18.3 Å². The minimum atomic E-state index is -0.425. The van der Waals surface area contributed by atoms with Gasteiger partial charge in [0.25, 0.3) is 0 Å². The first kappa shape index (κ1) is 16.1. The third-order valence-electron chi connectivity index (χ3n) is 4.05. The van der Waals surface area contributed by atoms with Crippen molar-refractivity contribution in [3.05, 3.63) is 18.2 Å². The van der Waals surface area contributed by atoms with Crippen LogP contribution in [0.4, 0.5) is 0 Å². The van der Waals surface area contributed by atoms with E-state index >= 15 is 0 Å². The molecule has 2 rings (SSSR count). The van der Waals surface area contributed by atoms with Crippen LogP contribution in [0.1, 0.15) is 27.7 Å². The van der Waals surface area contributed by atoms with E-state index in [0.717, 1.165) is 5.46 Å². The molecule has 1 aromatic rings. The topological polar surface area (TPSA) is 46.2 Å². The molecule has 0 amide bonds. The second-order valence-corrected chi connectivity index (χ2v) is 6.05. The predicted molar refractivity (Wildman–Crippen MR) is 81.2 cm³/mol. The van der Waals surface area contributed by atoms with Gasteiger partial charge in [-0.3, -0.25) is 0 Å². The van der Waals surface area contributed by atoms with Crippen LogP contribution in [-0.2, 0) is 14.0 Å². The zero-order chi connectivity index (χ0) is 15.7. The number of benzene rings is 1. The minimum Gasteiger partial charge on any atom is -0.493 e. The van der Waals surface area contributed by atoms with Crippen molar-refractivity contribution in [3.63, 3.8) is 0 Å². The molecule has 0 radical (unpaired) electrons. The molecule has 0 unspecified atom stereocenters. The Bertz CT molecular complexity index is 485. The standard InChI is InChI=1S/C15H23BO5/c1-14(2)15(3,4)21-16(20-14)11-7-8-12(18-6)13(9-11)19-10-17-5/h7-9H,10H2,1-6H3. The fraction of sp³-hybridized carbons (Fsp3) is 0.600. The van der Waals surface area contributed by atoms with Gasteiger partial charge < -0.3 is 23.5 Å². The quantitative estimate of drug-likeness (QED) is 0.614. The van der Waals surface area contributed by atoms with E-state index in [2.05, 4.69) is 0 Å². The number of methoxy groups -OCH3 is 2. The molecule has 0 bridgehead atoms. The third kappa shape index (κ3) is 3.17. The second kappa shape index (κ2) is 5.87. The summed E-state index contributed by atoms with van der Waals surface area (Å²) in [5, 5.41) is 0. The van der Waals surface area contributed by atoms with Crippen molar-refractivity contribution in [1.82, 2.24) is 0 Å². The SMILES string of the molecule is COCOc1cc(B2OC(C)(C)C(C)(C)O2)ccc1OC. The van der Waals surface area contributed by atoms with E-state index in [1.807, 2.05) is 45.9 Å². The average molecular weight is 294 g/mol. The lowest BCUT2D eigenvalue weighted by Crippen LogP contribution is -2.41. The molecule has 116 valence electrons. The molecular formula is C15H23BO5. The molecular weight excluding hydrogens is 271 g/mol. The van der Waals surface area contributed by atoms with Crippen LogP contribution in [0.25, 0.3) is 0 Å². The molecule has 1 aliphatic heterocycles. The van der Waals surface area contributed by atoms with Crippen LogP contribution < -0.4 is 14.9 Å². The predicted octanol–water partition coefficient (Wildman–Crippen LogP) is 1.98. The van der Waals surface area contributed by atoms with Crippen LogP contribution in [0, 0.1) is 0 Å². The van der Waals surface area contributed by atoms with Gasteiger partial charge >= 0.3 is 7.12 Å². The Morgan fingerprint density at radius 1 is 1.00 bits per heavy atom. The Hall–Kier alpha value is -1.24. The highest BCUT2D eigenvalue weighted by Crippen LogP contribution is 2.37. The summed E-state index contributed by atoms with van der Waals surface area (Å²) >= 11 is 0. The van der Waals surface area contributed by atoms with Gasteiger partial charge in [-0.05, 0) is 45.3 Å². The molecule has 1 aliphatic rings. The summed E-state index contributed by atoms with van der Waals surface area (Å²) in [5.74, 6) is 1.25. The monoisotopic (exact) mass is 294 g/mol. The first-order valence-electron chi connectivity index (χ1n) is 6.96. The summed E-state index contributed by atoms with van der Waals surface area (Å²) < 4.78 is 27.8. The average Bonchev–Trinajstić information content (AvgIpc) is 2.65. The molecule has 21 heavy (non-hydrogen) atoms. The van der Waals surface area contributed by atoms with E-state index in [0.29, 0.717) is 11.5 Å². The van der Waals surface area contributed by atoms with Crippen LogP contribution >= 0.6 is 0 Å². The molecule has 1 saturated heterocycles. The maximum atomic E-state index is 6.03. The third-order valence-corrected chi connectivity index (χ3v) is 4.05. The molecule has 0 saturated carbocycles. The molecule has 1 heterocycles. The van der Waals surface area contributed by atoms with Gasteiger partial charge in [0.1, 0.15) is 0 Å². The van der Waals surface area contributed by atoms with Crippen molar-refractivity contribution in [2.45, 2.75) is 38.9 Å². The summed E-state index contributed by atoms with van der Waals surface area (Å²) in [6.45, 7) is 8.26. The fourth-order valence-corrected chi connectivity index (χ4v) is 2.05. The van der Waals surface area contributed by atoms with E-state index < -0.39 is 7.12 Å². The summed E-state index contributed by atoms with van der Waals surface area (Å²) in [6, 6.07) is 5.62. The Kier molecular flexibility index (Phi) is 4.51. The molecule has 0 N–H and O–H groups in total. The van der Waals surface area contributed by atoms with Crippen molar-refractivity contribution in [3.8, 4) is 11.5 Å². The molecule has 1 fully saturated rings. The number of rotatable bonds is 5. The molecule has 0 atom stereocenters. The molecule has 0 aliphatic carbocycles. The Labute approximate surface area is 126 Å². The van der Waals surface area contributed by atoms with Crippen LogP contribution in [0.5, 0.6) is 11.5 Å². The van der Waals surface area contributed by atoms with E-state index in [9.17, 15) is 0 Å². The van der Waals surface area contributed by atoms with E-state index in [-0.39, 0.29) is 18.0 Å². The smallest absolute Gasteiger partial charge is 0.493 e. The van der Waals surface area contributed by atoms with Gasteiger partial charge in [0, 0.05) is 7.11 Å². The van der Waals surface area contributed by atoms with Crippen molar-refractivity contribution in [1.29, 1.82) is 0 Å². The highest BCUT2D eigenvalue weighted by Gasteiger charge is 2.51. The summed E-state index contributed by atoms with van der Waals surface area (Å²) in [7, 11) is 2.75. The zero-order valence-corrected chi connectivity index (χ0v) is 13.6. The zero-order valence-electron chi connectivity index (χ0n) is 13.6. The van der Waals surface area contributed by atoms with Crippen LogP contribution in [0.15, 0.2) is 18.2 Å². The lowest BCUT2D eigenvalue weighted by Gasteiger charge is -2.32. The van der Waals surface area contributed by atoms with Gasteiger partial charge in [-0.15, -0.1) is 0 Å². The Balaban J connectivity index is 2.25. The number of hydrogen-bond donors (Lipinski definition) is 0. The fourth-order valence-electron chi connectivity index (χ4n) is 2.05. The Morgan fingerprint density at radius 2 is 1.62 bits per heavy atom. The maximum Gasteiger partial charge on any atom is 0.494 e. The maximum absolute atomic E-state index is 6.03. The molecule has 5 nitrogen and oxygen atoms in total. The van der Waals surface area contributed by atoms with Crippen LogP contribution in [0.3, 0.4) is 0 Å². The van der Waals surface area contributed by atoms with E-state index in [1.165, 1.54) is 0 Å². The van der Waals surface area contributed by atoms with Crippen molar-refractivity contribution >= 4 is 12.6 Å². The molecule has 6 heteroatoms. The molecule has 0 spiro atoms. The van der Waals surface area contributed by atoms with Crippen LogP contribution in [-0.4, -0.2) is 39.3 Å². The lowest BCUT2D eigenvalue weighted by molar-refractivity contribution is 0.00578. The second-order valence-electron chi connectivity index (χ2n) is 6.05. The number of hydrogen-bond acceptors (Lipinski definition) is 5. The van der Waals surface area contributed by atoms with Gasteiger partial charge in [-0.2, -0.15) is 0 Å². The molecule has 1 aromatic carbocycles. The van der Waals surface area contributed by atoms with Gasteiger partial charge in [-0.25, -0.2) is 0 Å². The summed E-state index contributed by atoms with van der Waals surface area (Å²) in [5.41, 5.74) is 0.150. The normalized spacial score (nSPS) is 19.6. The largest absolute Gasteiger partial charge is 0.494 e. The van der Waals surface area contributed by atoms with Gasteiger partial charge in [0.05, 0.1) is 18.3 Å². The highest BCUT2D eigenvalue weighted by molar-refractivity contribution is 6.62. The minimum absolute atomic E-state index is 0.156. The summed E-state index contributed by atoms with van der Waals surface area (Å²) in [4.78, 5) is 0. The molecule has 0 aromatic heterocycles. The Morgan fingerprint density at radius 3 is 2.14 bits per heavy atom. The van der Waals surface area contributed by atoms with Crippen molar-refractivity contribution < 1.29 is 23.5 Å². The van der Waals surface area contributed by atoms with E-state index in [4.69, 9.17) is 23.5 Å². The van der Waals surface area contributed by atoms with Gasteiger partial charge in [-0.1, -0.05) is 6.07 Å². The van der Waals surface area contributed by atoms with E-state index in [1.54, 1.807) is 14.2 Å².